The maximum absolute atomic E-state index is 12.3. The Morgan fingerprint density at radius 1 is 1.50 bits per heavy atom. The smallest absolute Gasteiger partial charge is 0.265 e. The summed E-state index contributed by atoms with van der Waals surface area (Å²) in [6.45, 7) is -0.768. The minimum absolute atomic E-state index is 0.181. The lowest BCUT2D eigenvalue weighted by Gasteiger charge is -2.29. The van der Waals surface area contributed by atoms with Crippen LogP contribution in [0.15, 0.2) is 18.2 Å². The molecule has 86 valence electrons. The summed E-state index contributed by atoms with van der Waals surface area (Å²) in [4.78, 5) is 12.5. The Balaban J connectivity index is 2.36. The number of halogens is 3. The number of benzene rings is 1. The lowest BCUT2D eigenvalue weighted by atomic mass is 10.2. The highest BCUT2D eigenvalue weighted by molar-refractivity contribution is 14.1. The van der Waals surface area contributed by atoms with Crippen LogP contribution in [0.4, 0.5) is 14.5 Å². The van der Waals surface area contributed by atoms with Crippen molar-refractivity contribution in [3.05, 3.63) is 21.8 Å². The number of hydrogen-bond acceptors (Lipinski definition) is 2. The van der Waals surface area contributed by atoms with Gasteiger partial charge in [-0.05, 0) is 40.8 Å². The molecule has 0 radical (unpaired) electrons. The molecule has 0 unspecified atom stereocenters. The molecule has 0 atom stereocenters. The van der Waals surface area contributed by atoms with E-state index in [-0.39, 0.29) is 6.61 Å². The van der Waals surface area contributed by atoms with Crippen molar-refractivity contribution >= 4 is 34.2 Å². The molecule has 0 fully saturated rings. The average Bonchev–Trinajstić information content (AvgIpc) is 2.22. The lowest BCUT2D eigenvalue weighted by molar-refractivity contribution is -0.121. The van der Waals surface area contributed by atoms with Crippen LogP contribution in [0.5, 0.6) is 5.75 Å². The molecule has 1 aliphatic heterocycles. The molecule has 1 heterocycles. The topological polar surface area (TPSA) is 29.5 Å². The number of carbonyl (C=O) groups is 1. The fourth-order valence-electron chi connectivity index (χ4n) is 1.52. The van der Waals surface area contributed by atoms with E-state index >= 15 is 0 Å². The number of amides is 1. The van der Waals surface area contributed by atoms with E-state index in [1.54, 1.807) is 18.2 Å². The van der Waals surface area contributed by atoms with Crippen molar-refractivity contribution < 1.29 is 18.3 Å². The van der Waals surface area contributed by atoms with Crippen molar-refractivity contribution in [1.29, 1.82) is 0 Å². The molecular formula is C10H8F2INO2. The normalized spacial score (nSPS) is 15.0. The summed E-state index contributed by atoms with van der Waals surface area (Å²) < 4.78 is 30.8. The molecule has 0 saturated heterocycles. The van der Waals surface area contributed by atoms with E-state index in [9.17, 15) is 13.6 Å². The SMILES string of the molecule is O=C1COc2cc(I)ccc2N1CC(F)F. The van der Waals surface area contributed by atoms with E-state index < -0.39 is 18.9 Å². The van der Waals surface area contributed by atoms with Gasteiger partial charge >= 0.3 is 0 Å². The molecule has 1 aromatic carbocycles. The van der Waals surface area contributed by atoms with Crippen molar-refractivity contribution in [2.75, 3.05) is 18.1 Å². The van der Waals surface area contributed by atoms with Crippen molar-refractivity contribution in [1.82, 2.24) is 0 Å². The fraction of sp³-hybridized carbons (Fsp3) is 0.300. The predicted molar refractivity (Wildman–Crippen MR) is 63.0 cm³/mol. The molecule has 0 aliphatic carbocycles. The summed E-state index contributed by atoms with van der Waals surface area (Å²) in [6, 6.07) is 5.09. The Bertz CT molecular complexity index is 425. The second-order valence-corrected chi connectivity index (χ2v) is 4.54. The molecule has 0 N–H and O–H groups in total. The maximum Gasteiger partial charge on any atom is 0.265 e. The molecule has 3 nitrogen and oxygen atoms in total. The third-order valence-electron chi connectivity index (χ3n) is 2.19. The highest BCUT2D eigenvalue weighted by Crippen LogP contribution is 2.33. The molecule has 0 spiro atoms. The van der Waals surface area contributed by atoms with Crippen LogP contribution >= 0.6 is 22.6 Å². The standard InChI is InChI=1S/C10H8F2INO2/c11-9(12)4-14-7-2-1-6(13)3-8(7)16-5-10(14)15/h1-3,9H,4-5H2. The van der Waals surface area contributed by atoms with Gasteiger partial charge in [0.25, 0.3) is 12.3 Å². The summed E-state index contributed by atoms with van der Waals surface area (Å²) in [7, 11) is 0. The molecule has 2 rings (SSSR count). The van der Waals surface area contributed by atoms with Gasteiger partial charge < -0.3 is 9.64 Å². The zero-order chi connectivity index (χ0) is 11.7. The minimum Gasteiger partial charge on any atom is -0.482 e. The van der Waals surface area contributed by atoms with Crippen LogP contribution in [0.3, 0.4) is 0 Å². The second-order valence-electron chi connectivity index (χ2n) is 3.30. The van der Waals surface area contributed by atoms with Crippen LogP contribution < -0.4 is 9.64 Å². The molecule has 0 saturated carbocycles. The van der Waals surface area contributed by atoms with E-state index in [4.69, 9.17) is 4.74 Å². The first kappa shape index (κ1) is 11.6. The van der Waals surface area contributed by atoms with Gasteiger partial charge in [-0.15, -0.1) is 0 Å². The number of alkyl halides is 2. The van der Waals surface area contributed by atoms with Crippen molar-refractivity contribution in [3.63, 3.8) is 0 Å². The first-order valence-corrected chi connectivity index (χ1v) is 5.66. The van der Waals surface area contributed by atoms with Crippen LogP contribution in [0, 0.1) is 3.57 Å². The lowest BCUT2D eigenvalue weighted by Crippen LogP contribution is -2.41. The van der Waals surface area contributed by atoms with Gasteiger partial charge in [0.2, 0.25) is 0 Å². The third kappa shape index (κ3) is 2.26. The Hall–Kier alpha value is -0.920. The monoisotopic (exact) mass is 339 g/mol. The second kappa shape index (κ2) is 4.52. The van der Waals surface area contributed by atoms with Crippen LogP contribution in [0.25, 0.3) is 0 Å². The van der Waals surface area contributed by atoms with Crippen LogP contribution in [0.1, 0.15) is 0 Å². The van der Waals surface area contributed by atoms with Crippen molar-refractivity contribution in [2.45, 2.75) is 6.43 Å². The summed E-state index contributed by atoms with van der Waals surface area (Å²) in [5, 5.41) is 0. The molecule has 6 heteroatoms. The first-order chi connectivity index (χ1) is 7.58. The average molecular weight is 339 g/mol. The van der Waals surface area contributed by atoms with E-state index in [0.29, 0.717) is 11.4 Å². The number of fused-ring (bicyclic) bond motifs is 1. The van der Waals surface area contributed by atoms with Gasteiger partial charge in [0.1, 0.15) is 5.75 Å². The van der Waals surface area contributed by atoms with E-state index in [2.05, 4.69) is 22.6 Å². The molecule has 0 aromatic heterocycles. The number of rotatable bonds is 2. The Morgan fingerprint density at radius 3 is 2.94 bits per heavy atom. The van der Waals surface area contributed by atoms with E-state index in [1.165, 1.54) is 0 Å². The Labute approximate surface area is 105 Å². The van der Waals surface area contributed by atoms with Gasteiger partial charge in [-0.3, -0.25) is 4.79 Å². The summed E-state index contributed by atoms with van der Waals surface area (Å²) in [5.74, 6) is 0.0427. The summed E-state index contributed by atoms with van der Waals surface area (Å²) in [5.41, 5.74) is 0.414. The summed E-state index contributed by atoms with van der Waals surface area (Å²) in [6.07, 6.45) is -2.55. The number of ether oxygens (including phenoxy) is 1. The highest BCUT2D eigenvalue weighted by Gasteiger charge is 2.27. The molecule has 1 aliphatic rings. The first-order valence-electron chi connectivity index (χ1n) is 4.59. The molecular weight excluding hydrogens is 331 g/mol. The van der Waals surface area contributed by atoms with E-state index in [1.807, 2.05) is 0 Å². The van der Waals surface area contributed by atoms with Crippen molar-refractivity contribution in [2.24, 2.45) is 0 Å². The Kier molecular flexibility index (Phi) is 3.27. The minimum atomic E-state index is -2.55. The number of nitrogens with zero attached hydrogens (tertiary/aromatic N) is 1. The largest absolute Gasteiger partial charge is 0.482 e. The van der Waals surface area contributed by atoms with Crippen LogP contribution in [0.2, 0.25) is 0 Å². The van der Waals surface area contributed by atoms with E-state index in [0.717, 1.165) is 8.47 Å². The maximum atomic E-state index is 12.3. The Morgan fingerprint density at radius 2 is 2.25 bits per heavy atom. The predicted octanol–water partition coefficient (Wildman–Crippen LogP) is 2.28. The fourth-order valence-corrected chi connectivity index (χ4v) is 1.98. The molecule has 1 amide bonds. The number of anilines is 1. The summed E-state index contributed by atoms with van der Waals surface area (Å²) >= 11 is 2.09. The zero-order valence-corrected chi connectivity index (χ0v) is 10.3. The van der Waals surface area contributed by atoms with Gasteiger partial charge in [0.05, 0.1) is 12.2 Å². The molecule has 1 aromatic rings. The van der Waals surface area contributed by atoms with Gasteiger partial charge in [0, 0.05) is 3.57 Å². The zero-order valence-electron chi connectivity index (χ0n) is 8.12. The quantitative estimate of drug-likeness (QED) is 0.774. The van der Waals surface area contributed by atoms with Gasteiger partial charge in [0.15, 0.2) is 6.61 Å². The molecule has 16 heavy (non-hydrogen) atoms. The van der Waals surface area contributed by atoms with Gasteiger partial charge in [-0.25, -0.2) is 8.78 Å². The van der Waals surface area contributed by atoms with Gasteiger partial charge in [-0.1, -0.05) is 0 Å². The number of carbonyl (C=O) groups excluding carboxylic acids is 1. The van der Waals surface area contributed by atoms with Crippen molar-refractivity contribution in [3.8, 4) is 5.75 Å². The third-order valence-corrected chi connectivity index (χ3v) is 2.86. The van der Waals surface area contributed by atoms with Crippen LogP contribution in [-0.4, -0.2) is 25.5 Å². The highest BCUT2D eigenvalue weighted by atomic mass is 127. The van der Waals surface area contributed by atoms with Gasteiger partial charge in [-0.2, -0.15) is 0 Å². The van der Waals surface area contributed by atoms with Crippen LogP contribution in [-0.2, 0) is 4.79 Å². The molecule has 0 bridgehead atoms. The number of hydrogen-bond donors (Lipinski definition) is 0.